The minimum absolute atomic E-state index is 0.0346. The largest absolute Gasteiger partial charge is 0.480 e. The van der Waals surface area contributed by atoms with Crippen LogP contribution in [0.1, 0.15) is 28.3 Å². The van der Waals surface area contributed by atoms with Gasteiger partial charge in [-0.15, -0.1) is 0 Å². The second kappa shape index (κ2) is 8.67. The molecule has 7 heteroatoms. The molecule has 34 heavy (non-hydrogen) atoms. The number of fused-ring (bicyclic) bond motifs is 4. The summed E-state index contributed by atoms with van der Waals surface area (Å²) >= 11 is 0. The van der Waals surface area contributed by atoms with Gasteiger partial charge in [-0.05, 0) is 46.9 Å². The van der Waals surface area contributed by atoms with Crippen molar-refractivity contribution < 1.29 is 23.8 Å². The Morgan fingerprint density at radius 2 is 1.71 bits per heavy atom. The number of hydrogen-bond acceptors (Lipinski definition) is 3. The number of aryl methyl sites for hydroxylation is 1. The summed E-state index contributed by atoms with van der Waals surface area (Å²) < 4.78 is 19.6. The Morgan fingerprint density at radius 3 is 2.32 bits per heavy atom. The van der Waals surface area contributed by atoms with Crippen molar-refractivity contribution in [3.63, 3.8) is 0 Å². The summed E-state index contributed by atoms with van der Waals surface area (Å²) in [7, 11) is 0. The highest BCUT2D eigenvalue weighted by Crippen LogP contribution is 2.44. The molecule has 172 valence electrons. The summed E-state index contributed by atoms with van der Waals surface area (Å²) in [6, 6.07) is 19.3. The lowest BCUT2D eigenvalue weighted by Gasteiger charge is -2.17. The predicted octanol–water partition coefficient (Wildman–Crippen LogP) is 5.15. The number of halogens is 1. The van der Waals surface area contributed by atoms with Gasteiger partial charge >= 0.3 is 12.1 Å². The van der Waals surface area contributed by atoms with E-state index in [0.717, 1.165) is 27.8 Å². The van der Waals surface area contributed by atoms with Gasteiger partial charge in [-0.1, -0.05) is 54.6 Å². The fourth-order valence-electron chi connectivity index (χ4n) is 4.69. The number of aromatic nitrogens is 1. The number of carbonyl (C=O) groups excluding carboxylic acids is 1. The summed E-state index contributed by atoms with van der Waals surface area (Å²) in [5.74, 6) is -1.72. The Balaban J connectivity index is 1.28. The lowest BCUT2D eigenvalue weighted by atomic mass is 9.98. The molecule has 0 saturated heterocycles. The standard InChI is InChI=1S/C27H23FN2O4/c1-15-10-11-23(28)21-12-16(29-25(15)21)13-24(26(31)32)30-27(33)34-14-22-19-8-4-2-6-17(19)18-7-3-5-9-20(18)22/h2-12,22,24,29H,13-14H2,1H3,(H,30,33)(H,31,32)/t24-/m0/s1. The number of carboxylic acid groups (broad SMARTS) is 1. The second-order valence-electron chi connectivity index (χ2n) is 8.51. The number of benzene rings is 3. The summed E-state index contributed by atoms with van der Waals surface area (Å²) in [5, 5.41) is 12.5. The average molecular weight is 458 g/mol. The van der Waals surface area contributed by atoms with E-state index in [2.05, 4.69) is 10.3 Å². The van der Waals surface area contributed by atoms with Gasteiger partial charge in [0.05, 0.1) is 5.52 Å². The number of amides is 1. The van der Waals surface area contributed by atoms with Crippen LogP contribution in [0.2, 0.25) is 0 Å². The summed E-state index contributed by atoms with van der Waals surface area (Å²) in [6.07, 6.45) is -0.847. The molecule has 0 bridgehead atoms. The zero-order chi connectivity index (χ0) is 23.8. The highest BCUT2D eigenvalue weighted by atomic mass is 19.1. The maximum absolute atomic E-state index is 14.1. The third kappa shape index (κ3) is 3.90. The zero-order valence-electron chi connectivity index (χ0n) is 18.5. The zero-order valence-corrected chi connectivity index (χ0v) is 18.5. The number of ether oxygens (including phenoxy) is 1. The molecule has 6 nitrogen and oxygen atoms in total. The highest BCUT2D eigenvalue weighted by Gasteiger charge is 2.30. The van der Waals surface area contributed by atoms with Crippen LogP contribution in [0.25, 0.3) is 22.0 Å². The van der Waals surface area contributed by atoms with E-state index in [1.807, 2.05) is 55.5 Å². The first kappa shape index (κ1) is 21.7. The van der Waals surface area contributed by atoms with E-state index in [0.29, 0.717) is 16.6 Å². The molecule has 1 atom stereocenters. The number of aromatic amines is 1. The molecule has 5 rings (SSSR count). The van der Waals surface area contributed by atoms with Gasteiger partial charge in [0, 0.05) is 23.4 Å². The smallest absolute Gasteiger partial charge is 0.407 e. The van der Waals surface area contributed by atoms with Crippen molar-refractivity contribution in [2.45, 2.75) is 25.3 Å². The molecule has 0 saturated carbocycles. The van der Waals surface area contributed by atoms with Gasteiger partial charge < -0.3 is 20.1 Å². The van der Waals surface area contributed by atoms with Gasteiger partial charge in [0.25, 0.3) is 0 Å². The molecule has 1 amide bonds. The van der Waals surface area contributed by atoms with Crippen LogP contribution in [0, 0.1) is 12.7 Å². The van der Waals surface area contributed by atoms with Gasteiger partial charge in [-0.25, -0.2) is 14.0 Å². The lowest BCUT2D eigenvalue weighted by molar-refractivity contribution is -0.139. The molecule has 0 spiro atoms. The van der Waals surface area contributed by atoms with Gasteiger partial charge in [0.1, 0.15) is 18.5 Å². The molecule has 1 aliphatic rings. The first-order valence-electron chi connectivity index (χ1n) is 11.0. The van der Waals surface area contributed by atoms with Crippen molar-refractivity contribution in [3.05, 3.63) is 94.9 Å². The molecule has 1 aromatic heterocycles. The Hall–Kier alpha value is -4.13. The molecule has 1 heterocycles. The minimum Gasteiger partial charge on any atom is -0.480 e. The Bertz CT molecular complexity index is 1330. The summed E-state index contributed by atoms with van der Waals surface area (Å²) in [4.78, 5) is 27.4. The molecule has 3 N–H and O–H groups in total. The maximum atomic E-state index is 14.1. The molecule has 4 aromatic rings. The van der Waals surface area contributed by atoms with E-state index in [1.165, 1.54) is 6.07 Å². The van der Waals surface area contributed by atoms with Gasteiger partial charge in [0.15, 0.2) is 0 Å². The lowest BCUT2D eigenvalue weighted by Crippen LogP contribution is -2.43. The third-order valence-corrected chi connectivity index (χ3v) is 6.36. The van der Waals surface area contributed by atoms with Crippen LogP contribution in [0.3, 0.4) is 0 Å². The van der Waals surface area contributed by atoms with Crippen LogP contribution < -0.4 is 5.32 Å². The van der Waals surface area contributed by atoms with Crippen molar-refractivity contribution in [1.29, 1.82) is 0 Å². The van der Waals surface area contributed by atoms with Crippen LogP contribution >= 0.6 is 0 Å². The number of H-pyrrole nitrogens is 1. The number of carbonyl (C=O) groups is 2. The van der Waals surface area contributed by atoms with Crippen LogP contribution in [0.5, 0.6) is 0 Å². The number of rotatable bonds is 6. The minimum atomic E-state index is -1.23. The van der Waals surface area contributed by atoms with Gasteiger partial charge in [-0.2, -0.15) is 0 Å². The monoisotopic (exact) mass is 458 g/mol. The van der Waals surface area contributed by atoms with Gasteiger partial charge in [0.2, 0.25) is 0 Å². The SMILES string of the molecule is Cc1ccc(F)c2cc(C[C@H](NC(=O)OCC3c4ccccc4-c4ccccc43)C(=O)O)[nH]c12. The third-order valence-electron chi connectivity index (χ3n) is 6.36. The predicted molar refractivity (Wildman–Crippen MR) is 126 cm³/mol. The Kier molecular flexibility index (Phi) is 5.53. The topological polar surface area (TPSA) is 91.4 Å². The van der Waals surface area contributed by atoms with Crippen molar-refractivity contribution >= 4 is 23.0 Å². The Morgan fingerprint density at radius 1 is 1.06 bits per heavy atom. The fourth-order valence-corrected chi connectivity index (χ4v) is 4.69. The first-order valence-corrected chi connectivity index (χ1v) is 11.0. The van der Waals surface area contributed by atoms with Gasteiger partial charge in [-0.3, -0.25) is 0 Å². The Labute approximate surface area is 195 Å². The van der Waals surface area contributed by atoms with Crippen LogP contribution in [-0.2, 0) is 16.0 Å². The van der Waals surface area contributed by atoms with Crippen molar-refractivity contribution in [3.8, 4) is 11.1 Å². The van der Waals surface area contributed by atoms with Crippen molar-refractivity contribution in [2.75, 3.05) is 6.61 Å². The van der Waals surface area contributed by atoms with E-state index in [1.54, 1.807) is 12.1 Å². The summed E-state index contributed by atoms with van der Waals surface area (Å²) in [5.41, 5.74) is 6.33. The first-order chi connectivity index (χ1) is 16.4. The van der Waals surface area contributed by atoms with Crippen LogP contribution in [0.15, 0.2) is 66.7 Å². The number of nitrogens with one attached hydrogen (secondary N) is 2. The molecular formula is C27H23FN2O4. The molecule has 0 fully saturated rings. The van der Waals surface area contributed by atoms with Crippen molar-refractivity contribution in [1.82, 2.24) is 10.3 Å². The molecule has 3 aromatic carbocycles. The highest BCUT2D eigenvalue weighted by molar-refractivity contribution is 5.85. The van der Waals surface area contributed by atoms with E-state index in [9.17, 15) is 19.1 Å². The maximum Gasteiger partial charge on any atom is 0.407 e. The molecule has 1 aliphatic carbocycles. The molecule has 0 unspecified atom stereocenters. The summed E-state index contributed by atoms with van der Waals surface area (Å²) in [6.45, 7) is 1.93. The normalized spacial score (nSPS) is 13.4. The average Bonchev–Trinajstić information content (AvgIpc) is 3.40. The number of aliphatic carboxylic acids is 1. The van der Waals surface area contributed by atoms with E-state index < -0.39 is 18.1 Å². The number of carboxylic acids is 1. The number of alkyl carbamates (subject to hydrolysis) is 1. The van der Waals surface area contributed by atoms with E-state index in [-0.39, 0.29) is 24.8 Å². The number of hydrogen-bond donors (Lipinski definition) is 3. The fraction of sp³-hybridized carbons (Fsp3) is 0.185. The van der Waals surface area contributed by atoms with Crippen LogP contribution in [0.4, 0.5) is 9.18 Å². The van der Waals surface area contributed by atoms with Crippen molar-refractivity contribution in [2.24, 2.45) is 0 Å². The molecule has 0 radical (unpaired) electrons. The van der Waals surface area contributed by atoms with E-state index in [4.69, 9.17) is 4.74 Å². The molecule has 0 aliphatic heterocycles. The quantitative estimate of drug-likeness (QED) is 0.373. The van der Waals surface area contributed by atoms with Crippen LogP contribution in [-0.4, -0.2) is 34.8 Å². The second-order valence-corrected chi connectivity index (χ2v) is 8.51. The van der Waals surface area contributed by atoms with E-state index >= 15 is 0 Å². The molecular weight excluding hydrogens is 435 g/mol.